The predicted molar refractivity (Wildman–Crippen MR) is 82.3 cm³/mol. The molecule has 2 heterocycles. The van der Waals surface area contributed by atoms with E-state index in [0.29, 0.717) is 0 Å². The number of carbonyl (C=O) groups excluding carboxylic acids is 1. The second kappa shape index (κ2) is 4.70. The highest BCUT2D eigenvalue weighted by molar-refractivity contribution is 6.07. The van der Waals surface area contributed by atoms with Gasteiger partial charge in [0.05, 0.1) is 12.7 Å². The van der Waals surface area contributed by atoms with Gasteiger partial charge in [-0.2, -0.15) is 0 Å². The zero-order valence-electron chi connectivity index (χ0n) is 13.1. The standard InChI is InChI=1S/C18H22O3/c1-17(2)15-8-9-18(3,21-17)16(19)14(15)11-12-6-5-7-13(10-12)20-4/h5-7,10-11,15H,8-9H2,1-4H3/b14-11+. The average Bonchev–Trinajstić information content (AvgIpc) is 2.42. The van der Waals surface area contributed by atoms with Crippen LogP contribution in [0.3, 0.4) is 0 Å². The predicted octanol–water partition coefficient (Wildman–Crippen LogP) is 3.63. The fraction of sp³-hybridized carbons (Fsp3) is 0.500. The molecule has 1 aromatic rings. The van der Waals surface area contributed by atoms with Gasteiger partial charge in [-0.1, -0.05) is 12.1 Å². The van der Waals surface area contributed by atoms with Crippen molar-refractivity contribution in [3.05, 3.63) is 35.4 Å². The molecule has 2 unspecified atom stereocenters. The Labute approximate surface area is 125 Å². The summed E-state index contributed by atoms with van der Waals surface area (Å²) in [5.74, 6) is 1.11. The molecule has 112 valence electrons. The summed E-state index contributed by atoms with van der Waals surface area (Å²) in [5, 5.41) is 0. The van der Waals surface area contributed by atoms with Crippen LogP contribution in [0.1, 0.15) is 39.2 Å². The van der Waals surface area contributed by atoms with Gasteiger partial charge < -0.3 is 9.47 Å². The molecule has 3 nitrogen and oxygen atoms in total. The van der Waals surface area contributed by atoms with Crippen LogP contribution in [0.4, 0.5) is 0 Å². The van der Waals surface area contributed by atoms with Crippen molar-refractivity contribution in [1.29, 1.82) is 0 Å². The Morgan fingerprint density at radius 3 is 2.76 bits per heavy atom. The molecule has 0 aromatic heterocycles. The van der Waals surface area contributed by atoms with Crippen molar-refractivity contribution in [2.75, 3.05) is 7.11 Å². The van der Waals surface area contributed by atoms with Crippen molar-refractivity contribution in [3.63, 3.8) is 0 Å². The topological polar surface area (TPSA) is 35.5 Å². The fourth-order valence-electron chi connectivity index (χ4n) is 3.70. The molecule has 2 atom stereocenters. The lowest BCUT2D eigenvalue weighted by Gasteiger charge is -2.53. The first-order valence-corrected chi connectivity index (χ1v) is 7.46. The van der Waals surface area contributed by atoms with Crippen molar-refractivity contribution in [3.8, 4) is 5.75 Å². The lowest BCUT2D eigenvalue weighted by atomic mass is 9.65. The molecule has 0 N–H and O–H groups in total. The highest BCUT2D eigenvalue weighted by Crippen LogP contribution is 2.50. The molecular formula is C18H22O3. The first kappa shape index (κ1) is 14.3. The summed E-state index contributed by atoms with van der Waals surface area (Å²) in [5.41, 5.74) is 0.951. The minimum absolute atomic E-state index is 0.140. The van der Waals surface area contributed by atoms with Crippen molar-refractivity contribution in [2.24, 2.45) is 5.92 Å². The van der Waals surface area contributed by atoms with Crippen LogP contribution in [0.25, 0.3) is 6.08 Å². The van der Waals surface area contributed by atoms with Crippen LogP contribution < -0.4 is 4.74 Å². The monoisotopic (exact) mass is 286 g/mol. The smallest absolute Gasteiger partial charge is 0.190 e. The highest BCUT2D eigenvalue weighted by Gasteiger charge is 2.56. The SMILES string of the molecule is COc1cccc(/C=C2/C(=O)C3(C)CCC2C(C)(C)O3)c1. The summed E-state index contributed by atoms with van der Waals surface area (Å²) in [6.07, 6.45) is 3.83. The van der Waals surface area contributed by atoms with E-state index in [1.165, 1.54) is 0 Å². The minimum atomic E-state index is -0.664. The summed E-state index contributed by atoms with van der Waals surface area (Å²) in [6.45, 7) is 6.09. The maximum Gasteiger partial charge on any atom is 0.190 e. The molecular weight excluding hydrogens is 264 g/mol. The van der Waals surface area contributed by atoms with Crippen LogP contribution in [0.2, 0.25) is 0 Å². The molecule has 2 saturated heterocycles. The van der Waals surface area contributed by atoms with Crippen molar-refractivity contribution in [1.82, 2.24) is 0 Å². The van der Waals surface area contributed by atoms with E-state index in [-0.39, 0.29) is 17.3 Å². The minimum Gasteiger partial charge on any atom is -0.497 e. The maximum atomic E-state index is 12.7. The Morgan fingerprint density at radius 2 is 2.10 bits per heavy atom. The largest absolute Gasteiger partial charge is 0.497 e. The number of hydrogen-bond acceptors (Lipinski definition) is 3. The van der Waals surface area contributed by atoms with Crippen molar-refractivity contribution in [2.45, 2.75) is 44.8 Å². The molecule has 1 aliphatic carbocycles. The zero-order valence-corrected chi connectivity index (χ0v) is 13.1. The number of Topliss-reactive ketones (excluding diaryl/α,β-unsaturated/α-hetero) is 1. The Balaban J connectivity index is 2.04. The van der Waals surface area contributed by atoms with E-state index in [9.17, 15) is 4.79 Å². The van der Waals surface area contributed by atoms with E-state index in [4.69, 9.17) is 9.47 Å². The molecule has 0 amide bonds. The Hall–Kier alpha value is -1.61. The van der Waals surface area contributed by atoms with E-state index in [1.807, 2.05) is 37.3 Å². The number of carbonyl (C=O) groups is 1. The molecule has 3 heteroatoms. The second-order valence-corrected chi connectivity index (χ2v) is 6.73. The molecule has 3 aliphatic rings. The first-order chi connectivity index (χ1) is 9.86. The van der Waals surface area contributed by atoms with Gasteiger partial charge in [0.1, 0.15) is 11.4 Å². The summed E-state index contributed by atoms with van der Waals surface area (Å²) >= 11 is 0. The number of ether oxygens (including phenoxy) is 2. The highest BCUT2D eigenvalue weighted by atomic mass is 16.5. The van der Waals surface area contributed by atoms with Crippen LogP contribution >= 0.6 is 0 Å². The van der Waals surface area contributed by atoms with E-state index >= 15 is 0 Å². The first-order valence-electron chi connectivity index (χ1n) is 7.46. The van der Waals surface area contributed by atoms with Crippen LogP contribution in [-0.4, -0.2) is 24.1 Å². The molecule has 2 bridgehead atoms. The average molecular weight is 286 g/mol. The quantitative estimate of drug-likeness (QED) is 0.779. The van der Waals surface area contributed by atoms with Crippen LogP contribution in [0, 0.1) is 5.92 Å². The summed E-state index contributed by atoms with van der Waals surface area (Å²) in [6, 6.07) is 7.81. The number of benzene rings is 1. The molecule has 2 aliphatic heterocycles. The number of ketones is 1. The van der Waals surface area contributed by atoms with E-state index in [2.05, 4.69) is 13.8 Å². The van der Waals surface area contributed by atoms with Gasteiger partial charge in [0, 0.05) is 11.5 Å². The molecule has 0 radical (unpaired) electrons. The molecule has 1 aromatic carbocycles. The number of rotatable bonds is 2. The molecule has 1 saturated carbocycles. The number of hydrogen-bond donors (Lipinski definition) is 0. The summed E-state index contributed by atoms with van der Waals surface area (Å²) < 4.78 is 11.3. The van der Waals surface area contributed by atoms with Gasteiger partial charge in [-0.3, -0.25) is 4.79 Å². The van der Waals surface area contributed by atoms with Crippen LogP contribution in [0.15, 0.2) is 29.8 Å². The van der Waals surface area contributed by atoms with Gasteiger partial charge in [0.25, 0.3) is 0 Å². The Morgan fingerprint density at radius 1 is 1.33 bits per heavy atom. The van der Waals surface area contributed by atoms with Crippen molar-refractivity contribution >= 4 is 11.9 Å². The van der Waals surface area contributed by atoms with Gasteiger partial charge >= 0.3 is 0 Å². The Kier molecular flexibility index (Phi) is 3.21. The van der Waals surface area contributed by atoms with E-state index < -0.39 is 5.60 Å². The second-order valence-electron chi connectivity index (χ2n) is 6.73. The van der Waals surface area contributed by atoms with E-state index in [0.717, 1.165) is 29.7 Å². The molecule has 0 spiro atoms. The van der Waals surface area contributed by atoms with Gasteiger partial charge in [-0.15, -0.1) is 0 Å². The van der Waals surface area contributed by atoms with Gasteiger partial charge in [0.2, 0.25) is 0 Å². The number of fused-ring (bicyclic) bond motifs is 3. The normalized spacial score (nSPS) is 32.5. The third kappa shape index (κ3) is 2.30. The van der Waals surface area contributed by atoms with Gasteiger partial charge in [-0.25, -0.2) is 0 Å². The van der Waals surface area contributed by atoms with E-state index in [1.54, 1.807) is 7.11 Å². The van der Waals surface area contributed by atoms with Crippen LogP contribution in [-0.2, 0) is 9.53 Å². The number of methoxy groups -OCH3 is 1. The molecule has 21 heavy (non-hydrogen) atoms. The fourth-order valence-corrected chi connectivity index (χ4v) is 3.70. The third-order valence-electron chi connectivity index (χ3n) is 4.77. The zero-order chi connectivity index (χ0) is 15.3. The Bertz CT molecular complexity index is 615. The summed E-state index contributed by atoms with van der Waals surface area (Å²) in [7, 11) is 1.65. The molecule has 3 fully saturated rings. The van der Waals surface area contributed by atoms with Gasteiger partial charge in [0.15, 0.2) is 5.78 Å². The maximum absolute atomic E-state index is 12.7. The van der Waals surface area contributed by atoms with Crippen LogP contribution in [0.5, 0.6) is 5.75 Å². The van der Waals surface area contributed by atoms with Gasteiger partial charge in [-0.05, 0) is 57.4 Å². The lowest BCUT2D eigenvalue weighted by molar-refractivity contribution is -0.206. The lowest BCUT2D eigenvalue weighted by Crippen LogP contribution is -2.60. The molecule has 4 rings (SSSR count). The summed E-state index contributed by atoms with van der Waals surface area (Å²) in [4.78, 5) is 12.7. The third-order valence-corrected chi connectivity index (χ3v) is 4.77. The van der Waals surface area contributed by atoms with Crippen molar-refractivity contribution < 1.29 is 14.3 Å².